The Kier molecular flexibility index (Phi) is 3.75. The van der Waals surface area contributed by atoms with Crippen molar-refractivity contribution in [3.8, 4) is 11.8 Å². The maximum absolute atomic E-state index is 12.1. The molecule has 0 spiro atoms. The van der Waals surface area contributed by atoms with Gasteiger partial charge in [0.1, 0.15) is 5.75 Å². The molecule has 0 radical (unpaired) electrons. The Morgan fingerprint density at radius 3 is 2.76 bits per heavy atom. The van der Waals surface area contributed by atoms with Crippen LogP contribution in [0.5, 0.6) is 5.75 Å². The number of carbonyl (C=O) groups is 1. The Bertz CT molecular complexity index is 705. The lowest BCUT2D eigenvalue weighted by Crippen LogP contribution is -2.18. The van der Waals surface area contributed by atoms with Gasteiger partial charge in [0, 0.05) is 5.56 Å². The minimum absolute atomic E-state index is 0.117. The molecule has 21 heavy (non-hydrogen) atoms. The van der Waals surface area contributed by atoms with Crippen LogP contribution in [0.15, 0.2) is 28.7 Å². The molecule has 10 heteroatoms. The highest BCUT2D eigenvalue weighted by atomic mass is 19.4. The van der Waals surface area contributed by atoms with Gasteiger partial charge in [0.05, 0.1) is 0 Å². The lowest BCUT2D eigenvalue weighted by molar-refractivity contribution is -0.274. The van der Waals surface area contributed by atoms with Crippen LogP contribution in [0.1, 0.15) is 16.2 Å². The SMILES string of the molecule is N#Cc1nnc(NC(=O)c2cccc(OC(F)(F)F)c2)o1. The van der Waals surface area contributed by atoms with E-state index in [-0.39, 0.29) is 17.5 Å². The number of hydrogen-bond donors (Lipinski definition) is 1. The van der Waals surface area contributed by atoms with Crippen molar-refractivity contribution in [2.24, 2.45) is 0 Å². The van der Waals surface area contributed by atoms with Gasteiger partial charge in [0.2, 0.25) is 0 Å². The van der Waals surface area contributed by atoms with Crippen LogP contribution in [0.4, 0.5) is 19.2 Å². The van der Waals surface area contributed by atoms with Crippen LogP contribution >= 0.6 is 0 Å². The topological polar surface area (TPSA) is 101 Å². The van der Waals surface area contributed by atoms with E-state index in [0.29, 0.717) is 0 Å². The predicted octanol–water partition coefficient (Wildman–Crippen LogP) is 2.09. The van der Waals surface area contributed by atoms with Gasteiger partial charge in [-0.05, 0) is 18.2 Å². The molecule has 0 bridgehead atoms. The lowest BCUT2D eigenvalue weighted by atomic mass is 10.2. The molecular formula is C11H5F3N4O3. The predicted molar refractivity (Wildman–Crippen MR) is 60.1 cm³/mol. The van der Waals surface area contributed by atoms with Crippen molar-refractivity contribution in [1.82, 2.24) is 10.2 Å². The van der Waals surface area contributed by atoms with Crippen molar-refractivity contribution in [2.75, 3.05) is 5.32 Å². The smallest absolute Gasteiger partial charge is 0.406 e. The first-order chi connectivity index (χ1) is 9.87. The summed E-state index contributed by atoms with van der Waals surface area (Å²) in [6.07, 6.45) is -4.86. The van der Waals surface area contributed by atoms with Gasteiger partial charge in [-0.3, -0.25) is 10.1 Å². The number of rotatable bonds is 3. The molecule has 0 aliphatic carbocycles. The fraction of sp³-hybridized carbons (Fsp3) is 0.0909. The molecule has 0 saturated carbocycles. The van der Waals surface area contributed by atoms with E-state index in [4.69, 9.17) is 9.68 Å². The fourth-order valence-corrected chi connectivity index (χ4v) is 1.32. The third-order valence-electron chi connectivity index (χ3n) is 2.07. The van der Waals surface area contributed by atoms with Crippen molar-refractivity contribution >= 4 is 11.9 Å². The first kappa shape index (κ1) is 14.3. The number of nitrogens with zero attached hydrogens (tertiary/aromatic N) is 3. The number of nitrogens with one attached hydrogen (secondary N) is 1. The van der Waals surface area contributed by atoms with Crippen molar-refractivity contribution in [1.29, 1.82) is 5.26 Å². The summed E-state index contributed by atoms with van der Waals surface area (Å²) in [6.45, 7) is 0. The highest BCUT2D eigenvalue weighted by molar-refractivity contribution is 6.03. The number of halogens is 3. The van der Waals surface area contributed by atoms with Gasteiger partial charge < -0.3 is 9.15 Å². The number of ether oxygens (including phenoxy) is 1. The molecule has 0 atom stereocenters. The van der Waals surface area contributed by atoms with E-state index in [9.17, 15) is 18.0 Å². The molecule has 1 heterocycles. The van der Waals surface area contributed by atoms with E-state index in [1.807, 2.05) is 0 Å². The first-order valence-corrected chi connectivity index (χ1v) is 5.28. The molecule has 2 aromatic rings. The largest absolute Gasteiger partial charge is 0.573 e. The van der Waals surface area contributed by atoms with Crippen molar-refractivity contribution in [3.05, 3.63) is 35.7 Å². The number of anilines is 1. The standard InChI is InChI=1S/C11H5F3N4O3/c12-11(13,14)21-7-3-1-2-6(4-7)9(19)16-10-18-17-8(5-15)20-10/h1-4H,(H,16,18,19). The Balaban J connectivity index is 2.12. The molecule has 0 saturated heterocycles. The number of carbonyl (C=O) groups excluding carboxylic acids is 1. The van der Waals surface area contributed by atoms with Gasteiger partial charge in [0.25, 0.3) is 5.91 Å². The van der Waals surface area contributed by atoms with Crippen molar-refractivity contribution in [3.63, 3.8) is 0 Å². The minimum Gasteiger partial charge on any atom is -0.406 e. The Morgan fingerprint density at radius 1 is 1.38 bits per heavy atom. The van der Waals surface area contributed by atoms with E-state index >= 15 is 0 Å². The molecular weight excluding hydrogens is 293 g/mol. The first-order valence-electron chi connectivity index (χ1n) is 5.28. The summed E-state index contributed by atoms with van der Waals surface area (Å²) in [6, 6.07) is 5.63. The summed E-state index contributed by atoms with van der Waals surface area (Å²) in [7, 11) is 0. The van der Waals surface area contributed by atoms with E-state index in [1.54, 1.807) is 6.07 Å². The highest BCUT2D eigenvalue weighted by Crippen LogP contribution is 2.23. The van der Waals surface area contributed by atoms with E-state index in [1.165, 1.54) is 12.1 Å². The zero-order valence-electron chi connectivity index (χ0n) is 10.0. The zero-order valence-corrected chi connectivity index (χ0v) is 10.0. The molecule has 0 fully saturated rings. The second-order valence-corrected chi connectivity index (χ2v) is 3.55. The second-order valence-electron chi connectivity index (χ2n) is 3.55. The Morgan fingerprint density at radius 2 is 2.14 bits per heavy atom. The second kappa shape index (κ2) is 5.49. The van der Waals surface area contributed by atoms with Gasteiger partial charge in [-0.1, -0.05) is 16.3 Å². The average Bonchev–Trinajstić information content (AvgIpc) is 2.84. The van der Waals surface area contributed by atoms with Crippen LogP contribution in [0, 0.1) is 11.3 Å². The van der Waals surface area contributed by atoms with Gasteiger partial charge in [-0.2, -0.15) is 5.26 Å². The van der Waals surface area contributed by atoms with Gasteiger partial charge in [-0.25, -0.2) is 0 Å². The normalized spacial score (nSPS) is 10.8. The molecule has 0 aliphatic rings. The molecule has 1 amide bonds. The van der Waals surface area contributed by atoms with Crippen LogP contribution in [0.25, 0.3) is 0 Å². The molecule has 108 valence electrons. The average molecular weight is 298 g/mol. The van der Waals surface area contributed by atoms with Crippen LogP contribution in [0.2, 0.25) is 0 Å². The molecule has 2 rings (SSSR count). The fourth-order valence-electron chi connectivity index (χ4n) is 1.32. The molecule has 0 aliphatic heterocycles. The van der Waals surface area contributed by atoms with Crippen LogP contribution in [-0.2, 0) is 0 Å². The monoisotopic (exact) mass is 298 g/mol. The maximum Gasteiger partial charge on any atom is 0.573 e. The third kappa shape index (κ3) is 3.93. The number of alkyl halides is 3. The summed E-state index contributed by atoms with van der Waals surface area (Å²) in [5.74, 6) is -1.70. The number of amides is 1. The number of benzene rings is 1. The Hall–Kier alpha value is -3.09. The summed E-state index contributed by atoms with van der Waals surface area (Å²) in [4.78, 5) is 11.8. The van der Waals surface area contributed by atoms with Crippen molar-refractivity contribution < 1.29 is 27.1 Å². The zero-order chi connectivity index (χ0) is 15.5. The highest BCUT2D eigenvalue weighted by Gasteiger charge is 2.31. The number of aromatic nitrogens is 2. The summed E-state index contributed by atoms with van der Waals surface area (Å²) in [5, 5.41) is 17.2. The summed E-state index contributed by atoms with van der Waals surface area (Å²) < 4.78 is 44.6. The van der Waals surface area contributed by atoms with E-state index in [2.05, 4.69) is 20.3 Å². The minimum atomic E-state index is -4.86. The maximum atomic E-state index is 12.1. The molecule has 0 unspecified atom stereocenters. The molecule has 1 aromatic heterocycles. The molecule has 1 aromatic carbocycles. The van der Waals surface area contributed by atoms with E-state index in [0.717, 1.165) is 12.1 Å². The summed E-state index contributed by atoms with van der Waals surface area (Å²) in [5.41, 5.74) is -0.117. The molecule has 7 nitrogen and oxygen atoms in total. The molecule has 1 N–H and O–H groups in total. The van der Waals surface area contributed by atoms with E-state index < -0.39 is 18.0 Å². The van der Waals surface area contributed by atoms with Gasteiger partial charge in [0.15, 0.2) is 6.07 Å². The Labute approximate surface area is 114 Å². The van der Waals surface area contributed by atoms with Crippen LogP contribution in [-0.4, -0.2) is 22.5 Å². The quantitative estimate of drug-likeness (QED) is 0.931. The van der Waals surface area contributed by atoms with Gasteiger partial charge >= 0.3 is 18.3 Å². The van der Waals surface area contributed by atoms with Crippen molar-refractivity contribution in [2.45, 2.75) is 6.36 Å². The lowest BCUT2D eigenvalue weighted by Gasteiger charge is -2.09. The third-order valence-corrected chi connectivity index (χ3v) is 2.07. The number of hydrogen-bond acceptors (Lipinski definition) is 6. The van der Waals surface area contributed by atoms with Gasteiger partial charge in [-0.15, -0.1) is 13.2 Å². The van der Waals surface area contributed by atoms with Crippen LogP contribution in [0.3, 0.4) is 0 Å². The summed E-state index contributed by atoms with van der Waals surface area (Å²) >= 11 is 0. The number of nitriles is 1. The van der Waals surface area contributed by atoms with Crippen LogP contribution < -0.4 is 10.1 Å².